The van der Waals surface area contributed by atoms with Crippen LogP contribution >= 0.6 is 11.3 Å². The van der Waals surface area contributed by atoms with Gasteiger partial charge in [-0.2, -0.15) is 4.31 Å². The monoisotopic (exact) mass is 740 g/mol. The molecule has 0 saturated carbocycles. The van der Waals surface area contributed by atoms with Crippen LogP contribution in [0.4, 0.5) is 4.79 Å². The Hall–Kier alpha value is -3.85. The van der Waals surface area contributed by atoms with Gasteiger partial charge in [0.1, 0.15) is 6.04 Å². The summed E-state index contributed by atoms with van der Waals surface area (Å²) in [7, 11) is -4.06. The largest absolute Gasteiger partial charge is 0.411 e. The third-order valence-electron chi connectivity index (χ3n) is 9.11. The van der Waals surface area contributed by atoms with E-state index in [2.05, 4.69) is 29.3 Å². The number of benzene rings is 2. The summed E-state index contributed by atoms with van der Waals surface area (Å²) in [5.74, 6) is -0.346. The minimum absolute atomic E-state index is 0.0288. The number of urea groups is 1. The highest BCUT2D eigenvalue weighted by atomic mass is 32.2. The lowest BCUT2D eigenvalue weighted by atomic mass is 9.95. The lowest BCUT2D eigenvalue weighted by molar-refractivity contribution is -0.128. The summed E-state index contributed by atoms with van der Waals surface area (Å²) in [6.45, 7) is 12.9. The number of aliphatic hydroxyl groups excluding tert-OH is 1. The van der Waals surface area contributed by atoms with Crippen molar-refractivity contribution in [3.05, 3.63) is 81.8 Å². The molecule has 0 bridgehead atoms. The highest BCUT2D eigenvalue weighted by Crippen LogP contribution is 2.25. The normalized spacial score (nSPS) is 16.4. The van der Waals surface area contributed by atoms with E-state index in [0.717, 1.165) is 16.3 Å². The van der Waals surface area contributed by atoms with Crippen LogP contribution in [0.2, 0.25) is 0 Å². The molecule has 0 aliphatic carbocycles. The van der Waals surface area contributed by atoms with E-state index < -0.39 is 34.1 Å². The molecule has 12 nitrogen and oxygen atoms in total. The first-order valence-corrected chi connectivity index (χ1v) is 19.9. The molecule has 2 aromatic carbocycles. The summed E-state index contributed by atoms with van der Waals surface area (Å²) >= 11 is 1.58. The molecule has 1 unspecified atom stereocenters. The molecular formula is C37H52N6O6S2. The first-order valence-electron chi connectivity index (χ1n) is 17.5. The Kier molecular flexibility index (Phi) is 14.1. The van der Waals surface area contributed by atoms with E-state index in [4.69, 9.17) is 5.21 Å². The Balaban J connectivity index is 1.58. The zero-order valence-corrected chi connectivity index (χ0v) is 32.0. The van der Waals surface area contributed by atoms with Gasteiger partial charge in [0, 0.05) is 37.5 Å². The van der Waals surface area contributed by atoms with Crippen LogP contribution in [-0.4, -0.2) is 100 Å². The van der Waals surface area contributed by atoms with Gasteiger partial charge in [0.25, 0.3) is 0 Å². The quantitative estimate of drug-likeness (QED) is 0.0925. The molecule has 14 heteroatoms. The highest BCUT2D eigenvalue weighted by Gasteiger charge is 2.41. The molecule has 0 radical (unpaired) electrons. The Bertz CT molecular complexity index is 1710. The number of nitrogens with zero attached hydrogens (tertiary/aromatic N) is 5. The molecule has 3 amide bonds. The minimum atomic E-state index is -4.06. The van der Waals surface area contributed by atoms with Gasteiger partial charge in [-0.25, -0.2) is 18.2 Å². The Morgan fingerprint density at radius 2 is 1.75 bits per heavy atom. The zero-order valence-electron chi connectivity index (χ0n) is 30.3. The highest BCUT2D eigenvalue weighted by molar-refractivity contribution is 7.89. The van der Waals surface area contributed by atoms with Gasteiger partial charge in [-0.15, -0.1) is 11.3 Å². The summed E-state index contributed by atoms with van der Waals surface area (Å²) < 4.78 is 29.1. The van der Waals surface area contributed by atoms with E-state index in [-0.39, 0.29) is 42.3 Å². The van der Waals surface area contributed by atoms with Crippen molar-refractivity contribution in [3.8, 4) is 0 Å². The van der Waals surface area contributed by atoms with Crippen molar-refractivity contribution in [2.24, 2.45) is 17.0 Å². The third-order valence-corrected chi connectivity index (χ3v) is 12.1. The zero-order chi connectivity index (χ0) is 37.3. The Morgan fingerprint density at radius 3 is 2.33 bits per heavy atom. The summed E-state index contributed by atoms with van der Waals surface area (Å²) in [6, 6.07) is 13.4. The average molecular weight is 741 g/mol. The lowest BCUT2D eigenvalue weighted by Gasteiger charge is -2.35. The molecular weight excluding hydrogens is 689 g/mol. The van der Waals surface area contributed by atoms with Crippen molar-refractivity contribution in [2.75, 3.05) is 26.2 Å². The SMILES string of the molecule is CCC(C)[C@@H](C(=O)N[C@@H](Cc1ccccc1)[C@H](O)CN(CC(C)C)S(=O)(=O)c1ccc(C=NO)cc1)N1CCN(Cc2csc(C(C)C)n2)C1=O. The van der Waals surface area contributed by atoms with Crippen LogP contribution in [0.25, 0.3) is 0 Å². The van der Waals surface area contributed by atoms with Crippen molar-refractivity contribution >= 4 is 39.5 Å². The molecule has 3 N–H and O–H groups in total. The van der Waals surface area contributed by atoms with Crippen LogP contribution in [0.5, 0.6) is 0 Å². The number of nitrogens with one attached hydrogen (secondary N) is 1. The van der Waals surface area contributed by atoms with Gasteiger partial charge in [-0.1, -0.05) is 95.6 Å². The summed E-state index contributed by atoms with van der Waals surface area (Å²) in [6.07, 6.45) is 0.799. The number of aromatic nitrogens is 1. The van der Waals surface area contributed by atoms with Crippen molar-refractivity contribution < 1.29 is 28.3 Å². The first kappa shape index (κ1) is 39.9. The number of amides is 3. The fourth-order valence-corrected chi connectivity index (χ4v) is 8.62. The smallest absolute Gasteiger partial charge is 0.321 e. The van der Waals surface area contributed by atoms with E-state index >= 15 is 0 Å². The Morgan fingerprint density at radius 1 is 1.06 bits per heavy atom. The maximum absolute atomic E-state index is 14.3. The molecule has 0 spiro atoms. The van der Waals surface area contributed by atoms with Gasteiger partial charge in [0.2, 0.25) is 15.9 Å². The molecule has 3 aromatic rings. The number of oxime groups is 1. The summed E-state index contributed by atoms with van der Waals surface area (Å²) in [4.78, 5) is 36.1. The van der Waals surface area contributed by atoms with Crippen molar-refractivity contribution in [3.63, 3.8) is 0 Å². The van der Waals surface area contributed by atoms with E-state index in [1.165, 1.54) is 34.8 Å². The molecule has 4 rings (SSSR count). The molecule has 1 aliphatic rings. The number of carbonyl (C=O) groups is 2. The predicted octanol–water partition coefficient (Wildman–Crippen LogP) is 5.16. The predicted molar refractivity (Wildman–Crippen MR) is 199 cm³/mol. The molecule has 51 heavy (non-hydrogen) atoms. The molecule has 4 atom stereocenters. The molecule has 1 fully saturated rings. The topological polar surface area (TPSA) is 156 Å². The van der Waals surface area contributed by atoms with Gasteiger partial charge in [0.05, 0.1) is 40.5 Å². The molecule has 1 aromatic heterocycles. The van der Waals surface area contributed by atoms with Gasteiger partial charge >= 0.3 is 6.03 Å². The van der Waals surface area contributed by atoms with Gasteiger partial charge < -0.3 is 25.4 Å². The second kappa shape index (κ2) is 18.1. The fourth-order valence-electron chi connectivity index (χ4n) is 6.17. The second-order valence-corrected chi connectivity index (χ2v) is 16.8. The summed E-state index contributed by atoms with van der Waals surface area (Å²) in [5, 5.41) is 29.7. The number of rotatable bonds is 18. The number of aliphatic hydroxyl groups is 1. The number of hydrogen-bond donors (Lipinski definition) is 3. The van der Waals surface area contributed by atoms with E-state index in [1.807, 2.05) is 63.4 Å². The average Bonchev–Trinajstić information content (AvgIpc) is 3.71. The van der Waals surface area contributed by atoms with Crippen LogP contribution in [0, 0.1) is 11.8 Å². The maximum Gasteiger partial charge on any atom is 0.321 e. The second-order valence-electron chi connectivity index (χ2n) is 14.0. The van der Waals surface area contributed by atoms with Crippen LogP contribution in [0.15, 0.2) is 70.0 Å². The lowest BCUT2D eigenvalue weighted by Crippen LogP contribution is -2.57. The number of hydrogen-bond acceptors (Lipinski definition) is 9. The van der Waals surface area contributed by atoms with E-state index in [0.29, 0.717) is 37.5 Å². The van der Waals surface area contributed by atoms with Gasteiger partial charge in [-0.05, 0) is 41.5 Å². The van der Waals surface area contributed by atoms with Crippen LogP contribution in [-0.2, 0) is 27.8 Å². The standard InChI is InChI=1S/C37H52N6O6S2/c1-7-27(6)34(43-18-17-41(37(43)46)22-30-24-50-36(39-30)26(4)5)35(45)40-32(19-28-11-9-8-10-12-28)33(44)23-42(21-25(2)3)51(48,49)31-15-13-29(14-16-31)20-38-47/h8-16,20,24-27,32-34,44,47H,7,17-19,21-23H2,1-6H3,(H,40,45)/t27?,32-,33+,34-/m0/s1. The van der Waals surface area contributed by atoms with Crippen molar-refractivity contribution in [1.82, 2.24) is 24.4 Å². The van der Waals surface area contributed by atoms with Crippen molar-refractivity contribution in [1.29, 1.82) is 0 Å². The summed E-state index contributed by atoms with van der Waals surface area (Å²) in [5.41, 5.74) is 2.20. The minimum Gasteiger partial charge on any atom is -0.411 e. The molecule has 1 saturated heterocycles. The van der Waals surface area contributed by atoms with Crippen LogP contribution < -0.4 is 5.32 Å². The van der Waals surface area contributed by atoms with Gasteiger partial charge in [-0.3, -0.25) is 4.79 Å². The molecule has 2 heterocycles. The first-order chi connectivity index (χ1) is 24.2. The number of sulfonamides is 1. The molecule has 278 valence electrons. The third kappa shape index (κ3) is 10.4. The maximum atomic E-state index is 14.3. The number of carbonyl (C=O) groups excluding carboxylic acids is 2. The van der Waals surface area contributed by atoms with Gasteiger partial charge in [0.15, 0.2) is 0 Å². The Labute approximate surface area is 306 Å². The van der Waals surface area contributed by atoms with Crippen LogP contribution in [0.3, 0.4) is 0 Å². The van der Waals surface area contributed by atoms with E-state index in [9.17, 15) is 23.1 Å². The fraction of sp³-hybridized carbons (Fsp3) is 0.514. The van der Waals surface area contributed by atoms with Crippen LogP contribution in [0.1, 0.15) is 75.7 Å². The van der Waals surface area contributed by atoms with E-state index in [1.54, 1.807) is 21.1 Å². The van der Waals surface area contributed by atoms with Crippen molar-refractivity contribution in [2.45, 2.75) is 89.9 Å². The molecule has 1 aliphatic heterocycles. The number of thiazole rings is 1.